The summed E-state index contributed by atoms with van der Waals surface area (Å²) >= 11 is 5.89. The van der Waals surface area contributed by atoms with Crippen molar-refractivity contribution in [1.29, 1.82) is 0 Å². The number of hydrogen-bond donors (Lipinski definition) is 6. The number of aromatic amines is 1. The standard InChI is InChI=1S/C44H53ClN8O7/c1-26-23-32(39(55)47-34-19-21-53(22-20-34)43(58)59)15-18-35(26)29-9-5-27(6-10-29)24-36(40(56)48-33-16-13-30(14-17-33)37-50-41(45)52-51-37)49-38(54)31-11-7-28(8-12-31)25-46-42(57)60-44(2,3)4/h5-6,9-10,13-18,23,28,31,34,36H,7-8,11-12,19-22,24-25H2,1-4H3,(H,46,57)(H,47,55)(H,48,56)(H,49,54)(H,58,59)(H,50,51,52)/t28-,31-,36-/m0/s1. The van der Waals surface area contributed by atoms with Crippen molar-refractivity contribution in [3.63, 3.8) is 0 Å². The Labute approximate surface area is 354 Å². The zero-order chi connectivity index (χ0) is 43.0. The van der Waals surface area contributed by atoms with E-state index in [-0.39, 0.29) is 47.3 Å². The highest BCUT2D eigenvalue weighted by atomic mass is 35.5. The second kappa shape index (κ2) is 19.4. The quantitative estimate of drug-likeness (QED) is 0.0870. The second-order valence-electron chi connectivity index (χ2n) is 16.6. The number of aryl methyl sites for hydroxylation is 1. The van der Waals surface area contributed by atoms with E-state index < -0.39 is 23.8 Å². The van der Waals surface area contributed by atoms with Gasteiger partial charge in [-0.05, 0) is 142 Å². The molecule has 15 nitrogen and oxygen atoms in total. The third-order valence-corrected chi connectivity index (χ3v) is 11.1. The topological polar surface area (TPSA) is 208 Å². The van der Waals surface area contributed by atoms with Crippen LogP contribution >= 0.6 is 11.6 Å². The van der Waals surface area contributed by atoms with Gasteiger partial charge in [0, 0.05) is 54.8 Å². The molecular weight excluding hydrogens is 788 g/mol. The van der Waals surface area contributed by atoms with Gasteiger partial charge in [0.15, 0.2) is 5.82 Å². The summed E-state index contributed by atoms with van der Waals surface area (Å²) in [5.41, 5.74) is 4.85. The zero-order valence-electron chi connectivity index (χ0n) is 34.3. The number of alkyl carbamates (subject to hydrolysis) is 1. The summed E-state index contributed by atoms with van der Waals surface area (Å²) < 4.78 is 5.36. The number of benzene rings is 3. The molecule has 1 aliphatic heterocycles. The van der Waals surface area contributed by atoms with E-state index in [4.69, 9.17) is 16.3 Å². The number of aromatic nitrogens is 3. The van der Waals surface area contributed by atoms with E-state index >= 15 is 0 Å². The number of nitrogens with one attached hydrogen (secondary N) is 5. The van der Waals surface area contributed by atoms with Gasteiger partial charge in [-0.25, -0.2) is 9.59 Å². The Balaban J connectivity index is 1.09. The van der Waals surface area contributed by atoms with Gasteiger partial charge in [0.1, 0.15) is 11.6 Å². The van der Waals surface area contributed by atoms with Crippen LogP contribution in [0.2, 0.25) is 5.28 Å². The molecule has 1 atom stereocenters. The van der Waals surface area contributed by atoms with Crippen LogP contribution in [-0.4, -0.2) is 92.4 Å². The van der Waals surface area contributed by atoms with Crippen LogP contribution < -0.4 is 21.3 Å². The van der Waals surface area contributed by atoms with Gasteiger partial charge in [0.05, 0.1) is 0 Å². The van der Waals surface area contributed by atoms with Crippen molar-refractivity contribution >= 4 is 47.2 Å². The Morgan fingerprint density at radius 3 is 2.17 bits per heavy atom. The van der Waals surface area contributed by atoms with E-state index in [0.717, 1.165) is 40.7 Å². The lowest BCUT2D eigenvalue weighted by Crippen LogP contribution is -2.48. The highest BCUT2D eigenvalue weighted by Crippen LogP contribution is 2.30. The van der Waals surface area contributed by atoms with Crippen LogP contribution in [0.5, 0.6) is 0 Å². The lowest BCUT2D eigenvalue weighted by molar-refractivity contribution is -0.130. The molecule has 6 N–H and O–H groups in total. The van der Waals surface area contributed by atoms with Crippen molar-refractivity contribution in [3.8, 4) is 22.5 Å². The summed E-state index contributed by atoms with van der Waals surface area (Å²) in [5.74, 6) is -0.304. The molecule has 318 valence electrons. The number of rotatable bonds is 12. The number of nitrogens with zero attached hydrogens (tertiary/aromatic N) is 3. The first-order valence-electron chi connectivity index (χ1n) is 20.4. The molecule has 2 fully saturated rings. The summed E-state index contributed by atoms with van der Waals surface area (Å²) in [6.07, 6.45) is 2.76. The molecule has 60 heavy (non-hydrogen) atoms. The van der Waals surface area contributed by atoms with E-state index in [2.05, 4.69) is 36.4 Å². The van der Waals surface area contributed by atoms with Gasteiger partial charge in [0.2, 0.25) is 17.1 Å². The minimum atomic E-state index is -0.942. The van der Waals surface area contributed by atoms with Crippen LogP contribution in [0.15, 0.2) is 66.7 Å². The van der Waals surface area contributed by atoms with Gasteiger partial charge in [-0.15, -0.1) is 10.2 Å². The minimum absolute atomic E-state index is 0.0862. The van der Waals surface area contributed by atoms with Crippen LogP contribution in [0.1, 0.15) is 80.8 Å². The SMILES string of the molecule is Cc1cc(C(=O)NC2CCN(C(=O)O)CC2)ccc1-c1ccc(C[C@H](NC(=O)[C@H]2CC[C@H](CNC(=O)OC(C)(C)C)CC2)C(=O)Nc2ccc(-c3nnc(Cl)[nH]3)cc2)cc1. The molecule has 6 rings (SSSR count). The van der Waals surface area contributed by atoms with Crippen molar-refractivity contribution in [2.24, 2.45) is 11.8 Å². The summed E-state index contributed by atoms with van der Waals surface area (Å²) in [6.45, 7) is 8.65. The number of halogens is 1. The number of hydrogen-bond acceptors (Lipinski definition) is 8. The first kappa shape index (κ1) is 43.6. The number of anilines is 1. The second-order valence-corrected chi connectivity index (χ2v) is 17.0. The predicted octanol–water partition coefficient (Wildman–Crippen LogP) is 6.97. The number of ether oxygens (including phenoxy) is 1. The Morgan fingerprint density at radius 2 is 1.57 bits per heavy atom. The molecule has 4 aromatic rings. The van der Waals surface area contributed by atoms with Crippen LogP contribution in [0.25, 0.3) is 22.5 Å². The highest BCUT2D eigenvalue weighted by Gasteiger charge is 2.31. The molecule has 0 radical (unpaired) electrons. The molecule has 1 saturated carbocycles. The maximum absolute atomic E-state index is 13.9. The van der Waals surface area contributed by atoms with Gasteiger partial charge in [-0.2, -0.15) is 0 Å². The molecule has 2 heterocycles. The molecule has 3 aromatic carbocycles. The molecule has 0 unspecified atom stereocenters. The number of amides is 5. The molecule has 1 saturated heterocycles. The molecule has 2 aliphatic rings. The van der Waals surface area contributed by atoms with E-state index in [0.29, 0.717) is 62.4 Å². The van der Waals surface area contributed by atoms with Gasteiger partial charge >= 0.3 is 12.2 Å². The first-order chi connectivity index (χ1) is 28.6. The summed E-state index contributed by atoms with van der Waals surface area (Å²) in [4.78, 5) is 68.3. The van der Waals surface area contributed by atoms with Gasteiger partial charge in [-0.1, -0.05) is 30.3 Å². The van der Waals surface area contributed by atoms with Gasteiger partial charge in [0.25, 0.3) is 5.91 Å². The zero-order valence-corrected chi connectivity index (χ0v) is 35.1. The predicted molar refractivity (Wildman–Crippen MR) is 227 cm³/mol. The number of piperidine rings is 1. The van der Waals surface area contributed by atoms with Crippen LogP contribution in [0.3, 0.4) is 0 Å². The number of carbonyl (C=O) groups is 5. The van der Waals surface area contributed by atoms with E-state index in [1.165, 1.54) is 4.90 Å². The summed E-state index contributed by atoms with van der Waals surface area (Å²) in [7, 11) is 0. The van der Waals surface area contributed by atoms with E-state index in [1.807, 2.05) is 64.1 Å². The van der Waals surface area contributed by atoms with Crippen LogP contribution in [0, 0.1) is 18.8 Å². The van der Waals surface area contributed by atoms with Crippen molar-refractivity contribution in [3.05, 3.63) is 88.7 Å². The maximum atomic E-state index is 13.9. The number of carbonyl (C=O) groups excluding carboxylic acids is 4. The molecule has 1 aliphatic carbocycles. The van der Waals surface area contributed by atoms with Gasteiger partial charge in [-0.3, -0.25) is 14.4 Å². The summed E-state index contributed by atoms with van der Waals surface area (Å²) in [6, 6.07) is 19.4. The largest absolute Gasteiger partial charge is 0.465 e. The van der Waals surface area contributed by atoms with Crippen LogP contribution in [-0.2, 0) is 20.7 Å². The lowest BCUT2D eigenvalue weighted by atomic mass is 9.81. The van der Waals surface area contributed by atoms with Crippen molar-refractivity contribution in [2.45, 2.75) is 90.3 Å². The fourth-order valence-electron chi connectivity index (χ4n) is 7.65. The average Bonchev–Trinajstić information content (AvgIpc) is 3.66. The number of H-pyrrole nitrogens is 1. The minimum Gasteiger partial charge on any atom is -0.465 e. The van der Waals surface area contributed by atoms with E-state index in [1.54, 1.807) is 30.3 Å². The van der Waals surface area contributed by atoms with Crippen molar-refractivity contribution < 1.29 is 33.8 Å². The summed E-state index contributed by atoms with van der Waals surface area (Å²) in [5, 5.41) is 29.1. The monoisotopic (exact) mass is 840 g/mol. The third-order valence-electron chi connectivity index (χ3n) is 11.0. The molecule has 16 heteroatoms. The maximum Gasteiger partial charge on any atom is 0.407 e. The van der Waals surface area contributed by atoms with Crippen LogP contribution in [0.4, 0.5) is 15.3 Å². The highest BCUT2D eigenvalue weighted by molar-refractivity contribution is 6.28. The first-order valence-corrected chi connectivity index (χ1v) is 20.7. The lowest BCUT2D eigenvalue weighted by Gasteiger charge is -2.30. The van der Waals surface area contributed by atoms with Crippen molar-refractivity contribution in [2.75, 3.05) is 25.0 Å². The fraction of sp³-hybridized carbons (Fsp3) is 0.432. The Hall–Kier alpha value is -5.96. The number of carboxylic acid groups (broad SMARTS) is 1. The molecular formula is C44H53ClN8O7. The Bertz CT molecular complexity index is 2150. The Morgan fingerprint density at radius 1 is 0.900 bits per heavy atom. The van der Waals surface area contributed by atoms with Gasteiger partial charge < -0.3 is 41.0 Å². The fourth-order valence-corrected chi connectivity index (χ4v) is 7.78. The third kappa shape index (κ3) is 12.1. The molecule has 5 amide bonds. The Kier molecular flexibility index (Phi) is 14.1. The van der Waals surface area contributed by atoms with E-state index in [9.17, 15) is 29.1 Å². The smallest absolute Gasteiger partial charge is 0.407 e. The molecule has 0 spiro atoms. The number of likely N-dealkylation sites (tertiary alicyclic amines) is 1. The normalized spacial score (nSPS) is 17.6. The average molecular weight is 841 g/mol. The molecule has 0 bridgehead atoms. The molecule has 1 aromatic heterocycles. The van der Waals surface area contributed by atoms with Crippen molar-refractivity contribution in [1.82, 2.24) is 36.0 Å².